The van der Waals surface area contributed by atoms with Crippen LogP contribution in [0.15, 0.2) is 64.4 Å². The van der Waals surface area contributed by atoms with Gasteiger partial charge >= 0.3 is 0 Å². The number of sulfonamides is 2. The van der Waals surface area contributed by atoms with Gasteiger partial charge in [0.2, 0.25) is 26.0 Å². The Morgan fingerprint density at radius 2 is 1.42 bits per heavy atom. The Morgan fingerprint density at radius 1 is 0.839 bits per heavy atom. The van der Waals surface area contributed by atoms with E-state index in [0.717, 1.165) is 12.8 Å². The number of anilines is 1. The molecule has 0 spiro atoms. The molecule has 8 nitrogen and oxygen atoms in total. The lowest BCUT2D eigenvalue weighted by atomic mass is 10.3. The van der Waals surface area contributed by atoms with E-state index in [1.54, 1.807) is 18.2 Å². The zero-order valence-corrected chi connectivity index (χ0v) is 19.4. The van der Waals surface area contributed by atoms with E-state index in [0.29, 0.717) is 18.8 Å². The summed E-state index contributed by atoms with van der Waals surface area (Å²) < 4.78 is 53.7. The van der Waals surface area contributed by atoms with Gasteiger partial charge in [0.25, 0.3) is 0 Å². The molecule has 0 unspecified atom stereocenters. The van der Waals surface area contributed by atoms with Crippen LogP contribution in [0.1, 0.15) is 33.1 Å². The molecular weight excluding hydrogens is 438 g/mol. The highest BCUT2D eigenvalue weighted by atomic mass is 32.2. The van der Waals surface area contributed by atoms with Crippen LogP contribution >= 0.6 is 0 Å². The standard InChI is InChI=1S/C21H29N3O5S2/c1-3-16-24(17-4-2)31(28,29)20-12-10-18(11-13-20)23-21(25)14-15-22-30(26,27)19-8-6-5-7-9-19/h5-13,22H,3-4,14-17H2,1-2H3,(H,23,25). The van der Waals surface area contributed by atoms with E-state index >= 15 is 0 Å². The maximum Gasteiger partial charge on any atom is 0.243 e. The summed E-state index contributed by atoms with van der Waals surface area (Å²) in [5, 5.41) is 2.64. The highest BCUT2D eigenvalue weighted by Gasteiger charge is 2.23. The number of benzene rings is 2. The molecule has 1 amide bonds. The molecule has 0 aliphatic heterocycles. The summed E-state index contributed by atoms with van der Waals surface area (Å²) in [5.41, 5.74) is 0.437. The van der Waals surface area contributed by atoms with Gasteiger partial charge in [-0.25, -0.2) is 21.6 Å². The van der Waals surface area contributed by atoms with Crippen molar-refractivity contribution in [1.82, 2.24) is 9.03 Å². The van der Waals surface area contributed by atoms with Crippen LogP contribution < -0.4 is 10.0 Å². The monoisotopic (exact) mass is 467 g/mol. The van der Waals surface area contributed by atoms with Crippen LogP contribution in [0.5, 0.6) is 0 Å². The third kappa shape index (κ3) is 7.13. The van der Waals surface area contributed by atoms with Crippen molar-refractivity contribution in [3.8, 4) is 0 Å². The van der Waals surface area contributed by atoms with E-state index in [4.69, 9.17) is 0 Å². The van der Waals surface area contributed by atoms with Gasteiger partial charge in [-0.2, -0.15) is 4.31 Å². The van der Waals surface area contributed by atoms with Crippen molar-refractivity contribution in [1.29, 1.82) is 0 Å². The van der Waals surface area contributed by atoms with E-state index in [-0.39, 0.29) is 28.7 Å². The van der Waals surface area contributed by atoms with Crippen molar-refractivity contribution in [3.63, 3.8) is 0 Å². The van der Waals surface area contributed by atoms with Crippen molar-refractivity contribution in [2.45, 2.75) is 42.9 Å². The number of carbonyl (C=O) groups is 1. The van der Waals surface area contributed by atoms with Crippen molar-refractivity contribution in [2.24, 2.45) is 0 Å². The molecule has 0 saturated heterocycles. The summed E-state index contributed by atoms with van der Waals surface area (Å²) in [6.45, 7) is 4.70. The second-order valence-corrected chi connectivity index (χ2v) is 10.6. The summed E-state index contributed by atoms with van der Waals surface area (Å²) in [7, 11) is -7.25. The number of rotatable bonds is 12. The molecule has 0 radical (unpaired) electrons. The molecule has 170 valence electrons. The summed E-state index contributed by atoms with van der Waals surface area (Å²) >= 11 is 0. The van der Waals surface area contributed by atoms with E-state index in [1.807, 2.05) is 13.8 Å². The fourth-order valence-electron chi connectivity index (χ4n) is 2.92. The van der Waals surface area contributed by atoms with Crippen LogP contribution in [0.3, 0.4) is 0 Å². The molecule has 0 bridgehead atoms. The Balaban J connectivity index is 1.93. The van der Waals surface area contributed by atoms with E-state index in [1.165, 1.54) is 40.7 Å². The number of carbonyl (C=O) groups excluding carboxylic acids is 1. The van der Waals surface area contributed by atoms with E-state index in [2.05, 4.69) is 10.0 Å². The molecule has 0 fully saturated rings. The van der Waals surface area contributed by atoms with Gasteiger partial charge in [-0.15, -0.1) is 0 Å². The molecule has 0 aliphatic carbocycles. The summed E-state index contributed by atoms with van der Waals surface area (Å²) in [6, 6.07) is 13.9. The Bertz CT molecular complexity index is 1050. The van der Waals surface area contributed by atoms with Crippen LogP contribution in [0.4, 0.5) is 5.69 Å². The van der Waals surface area contributed by atoms with Crippen LogP contribution in [-0.2, 0) is 24.8 Å². The molecule has 31 heavy (non-hydrogen) atoms. The quantitative estimate of drug-likeness (QED) is 0.498. The molecule has 0 saturated carbocycles. The molecule has 0 aliphatic rings. The first-order valence-electron chi connectivity index (χ1n) is 10.2. The Morgan fingerprint density at radius 3 is 1.97 bits per heavy atom. The largest absolute Gasteiger partial charge is 0.326 e. The number of hydrogen-bond acceptors (Lipinski definition) is 5. The second kappa shape index (κ2) is 11.4. The number of nitrogens with one attached hydrogen (secondary N) is 2. The van der Waals surface area contributed by atoms with Crippen LogP contribution in [0, 0.1) is 0 Å². The van der Waals surface area contributed by atoms with Crippen LogP contribution in [0.25, 0.3) is 0 Å². The van der Waals surface area contributed by atoms with Crippen LogP contribution in [0.2, 0.25) is 0 Å². The average molecular weight is 468 g/mol. The predicted molar refractivity (Wildman–Crippen MR) is 121 cm³/mol. The molecule has 2 N–H and O–H groups in total. The summed E-state index contributed by atoms with van der Waals surface area (Å²) in [5.74, 6) is -0.384. The fraction of sp³-hybridized carbons (Fsp3) is 0.381. The van der Waals surface area contributed by atoms with Gasteiger partial charge in [0.15, 0.2) is 0 Å². The lowest BCUT2D eigenvalue weighted by molar-refractivity contribution is -0.116. The third-order valence-corrected chi connectivity index (χ3v) is 7.81. The Kier molecular flexibility index (Phi) is 9.17. The van der Waals surface area contributed by atoms with Crippen molar-refractivity contribution >= 4 is 31.6 Å². The summed E-state index contributed by atoms with van der Waals surface area (Å²) in [4.78, 5) is 12.4. The third-order valence-electron chi connectivity index (χ3n) is 4.42. The van der Waals surface area contributed by atoms with Crippen LogP contribution in [-0.4, -0.2) is 46.7 Å². The molecule has 0 atom stereocenters. The zero-order valence-electron chi connectivity index (χ0n) is 17.7. The highest BCUT2D eigenvalue weighted by molar-refractivity contribution is 7.89. The number of nitrogens with zero attached hydrogens (tertiary/aromatic N) is 1. The molecular formula is C21H29N3O5S2. The van der Waals surface area contributed by atoms with Gasteiger partial charge < -0.3 is 5.32 Å². The van der Waals surface area contributed by atoms with Crippen molar-refractivity contribution in [3.05, 3.63) is 54.6 Å². The molecule has 0 heterocycles. The minimum Gasteiger partial charge on any atom is -0.326 e. The maximum atomic E-state index is 12.8. The molecule has 10 heteroatoms. The molecule has 2 rings (SSSR count). The van der Waals surface area contributed by atoms with Crippen molar-refractivity contribution < 1.29 is 21.6 Å². The lowest BCUT2D eigenvalue weighted by Crippen LogP contribution is -2.32. The summed E-state index contributed by atoms with van der Waals surface area (Å²) in [6.07, 6.45) is 1.38. The van der Waals surface area contributed by atoms with Crippen molar-refractivity contribution in [2.75, 3.05) is 25.0 Å². The highest BCUT2D eigenvalue weighted by Crippen LogP contribution is 2.19. The molecule has 2 aromatic rings. The van der Waals surface area contributed by atoms with Gasteiger partial charge in [0, 0.05) is 31.7 Å². The second-order valence-electron chi connectivity index (χ2n) is 6.94. The minimum absolute atomic E-state index is 0.0570. The zero-order chi connectivity index (χ0) is 22.9. The maximum absolute atomic E-state index is 12.8. The van der Waals surface area contributed by atoms with Gasteiger partial charge in [-0.1, -0.05) is 32.0 Å². The van der Waals surface area contributed by atoms with Gasteiger partial charge in [0.1, 0.15) is 0 Å². The first-order valence-corrected chi connectivity index (χ1v) is 13.1. The Hall–Kier alpha value is -2.27. The normalized spacial score (nSPS) is 12.1. The molecule has 0 aromatic heterocycles. The topological polar surface area (TPSA) is 113 Å². The smallest absolute Gasteiger partial charge is 0.243 e. The first kappa shape index (κ1) is 25.0. The van der Waals surface area contributed by atoms with Gasteiger partial charge in [-0.3, -0.25) is 4.79 Å². The SMILES string of the molecule is CCCN(CCC)S(=O)(=O)c1ccc(NC(=O)CCNS(=O)(=O)c2ccccc2)cc1. The van der Waals surface area contributed by atoms with Gasteiger partial charge in [0.05, 0.1) is 9.79 Å². The predicted octanol–water partition coefficient (Wildman–Crippen LogP) is 2.80. The fourth-order valence-corrected chi connectivity index (χ4v) is 5.59. The Labute approximate surface area is 184 Å². The average Bonchev–Trinajstić information content (AvgIpc) is 2.74. The minimum atomic E-state index is -3.67. The van der Waals surface area contributed by atoms with E-state index in [9.17, 15) is 21.6 Å². The number of amides is 1. The first-order chi connectivity index (χ1) is 14.7. The molecule has 2 aromatic carbocycles. The van der Waals surface area contributed by atoms with E-state index < -0.39 is 20.0 Å². The number of hydrogen-bond donors (Lipinski definition) is 2. The van der Waals surface area contributed by atoms with Gasteiger partial charge in [-0.05, 0) is 49.2 Å². The lowest BCUT2D eigenvalue weighted by Gasteiger charge is -2.21.